The normalized spacial score (nSPS) is 11.1. The van der Waals surface area contributed by atoms with Crippen LogP contribution in [0.25, 0.3) is 22.0 Å². The van der Waals surface area contributed by atoms with Crippen molar-refractivity contribution in [2.45, 2.75) is 47.5 Å². The summed E-state index contributed by atoms with van der Waals surface area (Å²) < 4.78 is 0. The number of aromatic nitrogens is 1. The molecule has 1 aromatic heterocycles. The second-order valence-electron chi connectivity index (χ2n) is 7.72. The van der Waals surface area contributed by atoms with Crippen molar-refractivity contribution < 1.29 is 4.79 Å². The third kappa shape index (κ3) is 3.84. The van der Waals surface area contributed by atoms with Crippen LogP contribution in [0.3, 0.4) is 0 Å². The summed E-state index contributed by atoms with van der Waals surface area (Å²) in [5.74, 6) is -0.404. The molecule has 0 aliphatic carbocycles. The molecule has 2 aromatic carbocycles. The van der Waals surface area contributed by atoms with Gasteiger partial charge in [0.15, 0.2) is 0 Å². The molecule has 0 aliphatic rings. The Labute approximate surface area is 173 Å². The zero-order valence-corrected chi connectivity index (χ0v) is 18.2. The van der Waals surface area contributed by atoms with Gasteiger partial charge in [-0.05, 0) is 50.8 Å². The van der Waals surface area contributed by atoms with E-state index in [4.69, 9.17) is 10.7 Å². The number of anilines is 1. The quantitative estimate of drug-likeness (QED) is 0.576. The molecule has 1 heterocycles. The van der Waals surface area contributed by atoms with E-state index in [1.54, 1.807) is 0 Å². The van der Waals surface area contributed by atoms with Gasteiger partial charge < -0.3 is 10.6 Å². The number of nitrogens with zero attached hydrogens (tertiary/aromatic N) is 2. The Balaban J connectivity index is 2.35. The maximum absolute atomic E-state index is 11.9. The SMILES string of the molecule is CCCN(CCC)c1c(C)nc(-c2c(C)ccc(C(N)=O)c2C)c2ccccc12. The molecule has 0 atom stereocenters. The van der Waals surface area contributed by atoms with Crippen molar-refractivity contribution in [1.29, 1.82) is 0 Å². The first-order valence-corrected chi connectivity index (χ1v) is 10.4. The molecular weight excluding hydrogens is 358 g/mol. The van der Waals surface area contributed by atoms with Crippen LogP contribution in [0.15, 0.2) is 36.4 Å². The summed E-state index contributed by atoms with van der Waals surface area (Å²) in [6.45, 7) is 12.6. The number of benzene rings is 2. The van der Waals surface area contributed by atoms with Gasteiger partial charge in [0, 0.05) is 35.0 Å². The number of fused-ring (bicyclic) bond motifs is 1. The molecule has 0 saturated heterocycles. The minimum Gasteiger partial charge on any atom is -0.370 e. The van der Waals surface area contributed by atoms with Crippen LogP contribution in [0.2, 0.25) is 0 Å². The van der Waals surface area contributed by atoms with Crippen LogP contribution in [-0.2, 0) is 0 Å². The Bertz CT molecular complexity index is 1050. The number of nitrogens with two attached hydrogens (primary N) is 1. The molecule has 4 nitrogen and oxygen atoms in total. The van der Waals surface area contributed by atoms with Crippen LogP contribution in [0.1, 0.15) is 53.9 Å². The van der Waals surface area contributed by atoms with Gasteiger partial charge in [0.05, 0.1) is 17.1 Å². The fraction of sp³-hybridized carbons (Fsp3) is 0.360. The van der Waals surface area contributed by atoms with E-state index in [2.05, 4.69) is 56.9 Å². The van der Waals surface area contributed by atoms with Crippen LogP contribution in [0, 0.1) is 20.8 Å². The average Bonchev–Trinajstić information content (AvgIpc) is 2.68. The van der Waals surface area contributed by atoms with E-state index < -0.39 is 5.91 Å². The number of aryl methyl sites for hydroxylation is 2. The Hall–Kier alpha value is -2.88. The predicted octanol–water partition coefficient (Wildman–Crippen LogP) is 5.55. The third-order valence-electron chi connectivity index (χ3n) is 5.54. The maximum atomic E-state index is 11.9. The number of amides is 1. The first kappa shape index (κ1) is 20.8. The fourth-order valence-corrected chi connectivity index (χ4v) is 4.32. The van der Waals surface area contributed by atoms with Crippen LogP contribution in [0.4, 0.5) is 5.69 Å². The zero-order chi connectivity index (χ0) is 21.1. The molecule has 0 bridgehead atoms. The molecule has 0 aliphatic heterocycles. The number of pyridine rings is 1. The van der Waals surface area contributed by atoms with E-state index in [1.165, 1.54) is 11.1 Å². The molecule has 0 radical (unpaired) electrons. The van der Waals surface area contributed by atoms with Gasteiger partial charge in [-0.1, -0.05) is 44.2 Å². The number of primary amides is 1. The van der Waals surface area contributed by atoms with Crippen LogP contribution < -0.4 is 10.6 Å². The monoisotopic (exact) mass is 389 g/mol. The van der Waals surface area contributed by atoms with Crippen molar-refractivity contribution in [3.05, 3.63) is 58.8 Å². The number of hydrogen-bond donors (Lipinski definition) is 1. The molecule has 0 spiro atoms. The molecule has 0 saturated carbocycles. The molecule has 2 N–H and O–H groups in total. The van der Waals surface area contributed by atoms with Gasteiger partial charge in [-0.25, -0.2) is 0 Å². The van der Waals surface area contributed by atoms with Crippen molar-refractivity contribution in [3.8, 4) is 11.3 Å². The largest absolute Gasteiger partial charge is 0.370 e. The van der Waals surface area contributed by atoms with E-state index in [0.717, 1.165) is 59.4 Å². The molecule has 3 aromatic rings. The lowest BCUT2D eigenvalue weighted by Crippen LogP contribution is -2.26. The van der Waals surface area contributed by atoms with Crippen molar-refractivity contribution in [1.82, 2.24) is 4.98 Å². The van der Waals surface area contributed by atoms with E-state index in [1.807, 2.05) is 19.1 Å². The lowest BCUT2D eigenvalue weighted by atomic mass is 9.91. The number of carbonyl (C=O) groups is 1. The van der Waals surface area contributed by atoms with Gasteiger partial charge in [0.25, 0.3) is 0 Å². The smallest absolute Gasteiger partial charge is 0.248 e. The summed E-state index contributed by atoms with van der Waals surface area (Å²) in [6, 6.07) is 12.2. The fourth-order valence-electron chi connectivity index (χ4n) is 4.32. The van der Waals surface area contributed by atoms with Gasteiger partial charge >= 0.3 is 0 Å². The topological polar surface area (TPSA) is 59.2 Å². The number of hydrogen-bond acceptors (Lipinski definition) is 3. The summed E-state index contributed by atoms with van der Waals surface area (Å²) in [5, 5.41) is 2.32. The van der Waals surface area contributed by atoms with Crippen LogP contribution in [-0.4, -0.2) is 24.0 Å². The average molecular weight is 390 g/mol. The lowest BCUT2D eigenvalue weighted by Gasteiger charge is -2.28. The highest BCUT2D eigenvalue weighted by Gasteiger charge is 2.20. The first-order valence-electron chi connectivity index (χ1n) is 10.4. The molecular formula is C25H31N3O. The minimum absolute atomic E-state index is 0.404. The van der Waals surface area contributed by atoms with Crippen molar-refractivity contribution in [2.24, 2.45) is 5.73 Å². The standard InChI is InChI=1S/C25H31N3O/c1-6-14-28(15-7-2)24-18(5)27-23(20-10-8-9-11-21(20)24)22-16(3)12-13-19(17(22)4)25(26)29/h8-13H,6-7,14-15H2,1-5H3,(H2,26,29). The van der Waals surface area contributed by atoms with Gasteiger partial charge in [0.1, 0.15) is 0 Å². The van der Waals surface area contributed by atoms with Gasteiger partial charge in [0.2, 0.25) is 5.91 Å². The van der Waals surface area contributed by atoms with E-state index >= 15 is 0 Å². The summed E-state index contributed by atoms with van der Waals surface area (Å²) in [7, 11) is 0. The highest BCUT2D eigenvalue weighted by atomic mass is 16.1. The minimum atomic E-state index is -0.404. The molecule has 3 rings (SSSR count). The van der Waals surface area contributed by atoms with Gasteiger partial charge in [-0.15, -0.1) is 0 Å². The molecule has 1 amide bonds. The Morgan fingerprint density at radius 3 is 2.17 bits per heavy atom. The molecule has 0 fully saturated rings. The highest BCUT2D eigenvalue weighted by molar-refractivity contribution is 6.05. The van der Waals surface area contributed by atoms with E-state index in [0.29, 0.717) is 5.56 Å². The van der Waals surface area contributed by atoms with Crippen molar-refractivity contribution >= 4 is 22.4 Å². The lowest BCUT2D eigenvalue weighted by molar-refractivity contribution is 0.1000. The zero-order valence-electron chi connectivity index (χ0n) is 18.2. The Morgan fingerprint density at radius 1 is 0.966 bits per heavy atom. The van der Waals surface area contributed by atoms with E-state index in [9.17, 15) is 4.79 Å². The maximum Gasteiger partial charge on any atom is 0.248 e. The summed E-state index contributed by atoms with van der Waals surface area (Å²) in [6.07, 6.45) is 2.18. The predicted molar refractivity (Wildman–Crippen MR) is 123 cm³/mol. The first-order chi connectivity index (χ1) is 13.9. The second-order valence-corrected chi connectivity index (χ2v) is 7.72. The summed E-state index contributed by atoms with van der Waals surface area (Å²) in [4.78, 5) is 19.5. The van der Waals surface area contributed by atoms with Gasteiger partial charge in [-0.3, -0.25) is 9.78 Å². The number of rotatable bonds is 7. The van der Waals surface area contributed by atoms with Crippen molar-refractivity contribution in [3.63, 3.8) is 0 Å². The molecule has 152 valence electrons. The molecule has 4 heteroatoms. The van der Waals surface area contributed by atoms with E-state index in [-0.39, 0.29) is 0 Å². The van der Waals surface area contributed by atoms with Crippen LogP contribution in [0.5, 0.6) is 0 Å². The van der Waals surface area contributed by atoms with Gasteiger partial charge in [-0.2, -0.15) is 0 Å². The second kappa shape index (κ2) is 8.64. The highest BCUT2D eigenvalue weighted by Crippen LogP contribution is 2.38. The summed E-state index contributed by atoms with van der Waals surface area (Å²) in [5.41, 5.74) is 12.3. The Morgan fingerprint density at radius 2 is 1.59 bits per heavy atom. The molecule has 0 unspecified atom stereocenters. The van der Waals surface area contributed by atoms with Crippen LogP contribution >= 0.6 is 0 Å². The summed E-state index contributed by atoms with van der Waals surface area (Å²) >= 11 is 0. The Kier molecular flexibility index (Phi) is 6.21. The third-order valence-corrected chi connectivity index (χ3v) is 5.54. The number of carbonyl (C=O) groups excluding carboxylic acids is 1. The molecule has 29 heavy (non-hydrogen) atoms. The van der Waals surface area contributed by atoms with Crippen molar-refractivity contribution in [2.75, 3.05) is 18.0 Å².